The molecular formula is C16H19NO3. The maximum Gasteiger partial charge on any atom is 0.343 e. The van der Waals surface area contributed by atoms with Crippen LogP contribution in [0.5, 0.6) is 0 Å². The zero-order valence-corrected chi connectivity index (χ0v) is 11.9. The van der Waals surface area contributed by atoms with Crippen molar-refractivity contribution in [3.8, 4) is 0 Å². The van der Waals surface area contributed by atoms with Gasteiger partial charge in [0.05, 0.1) is 12.3 Å². The number of carbonyl (C=O) groups is 1. The first-order valence-electron chi connectivity index (χ1n) is 6.88. The molecule has 0 unspecified atom stereocenters. The lowest BCUT2D eigenvalue weighted by molar-refractivity contribution is 0.0523. The molecule has 0 N–H and O–H groups in total. The Morgan fingerprint density at radius 1 is 1.25 bits per heavy atom. The van der Waals surface area contributed by atoms with Crippen LogP contribution in [0.25, 0.3) is 0 Å². The normalized spacial score (nSPS) is 10.5. The zero-order chi connectivity index (χ0) is 14.4. The van der Waals surface area contributed by atoms with Crippen LogP contribution in [0.2, 0.25) is 0 Å². The Bertz CT molecular complexity index is 560. The van der Waals surface area contributed by atoms with Crippen molar-refractivity contribution in [3.63, 3.8) is 0 Å². The van der Waals surface area contributed by atoms with E-state index in [4.69, 9.17) is 9.26 Å². The van der Waals surface area contributed by atoms with E-state index in [9.17, 15) is 4.79 Å². The van der Waals surface area contributed by atoms with Crippen LogP contribution in [-0.4, -0.2) is 17.7 Å². The molecule has 4 heteroatoms. The molecule has 20 heavy (non-hydrogen) atoms. The van der Waals surface area contributed by atoms with E-state index in [0.29, 0.717) is 30.0 Å². The monoisotopic (exact) mass is 273 g/mol. The molecule has 0 amide bonds. The van der Waals surface area contributed by atoms with E-state index >= 15 is 0 Å². The molecule has 106 valence electrons. The number of aryl methyl sites for hydroxylation is 3. The van der Waals surface area contributed by atoms with E-state index in [1.807, 2.05) is 18.2 Å². The number of nitrogens with zero attached hydrogens (tertiary/aromatic N) is 1. The highest BCUT2D eigenvalue weighted by atomic mass is 16.5. The highest BCUT2D eigenvalue weighted by Crippen LogP contribution is 2.17. The summed E-state index contributed by atoms with van der Waals surface area (Å²) in [6.07, 6.45) is 2.58. The predicted octanol–water partition coefficient (Wildman–Crippen LogP) is 3.34. The molecule has 4 nitrogen and oxygen atoms in total. The minimum atomic E-state index is -0.346. The van der Waals surface area contributed by atoms with Gasteiger partial charge in [-0.2, -0.15) is 0 Å². The van der Waals surface area contributed by atoms with Gasteiger partial charge < -0.3 is 9.26 Å². The van der Waals surface area contributed by atoms with E-state index in [1.54, 1.807) is 13.8 Å². The summed E-state index contributed by atoms with van der Waals surface area (Å²) in [4.78, 5) is 11.9. The van der Waals surface area contributed by atoms with Crippen molar-refractivity contribution in [1.82, 2.24) is 5.16 Å². The van der Waals surface area contributed by atoms with Crippen molar-refractivity contribution in [2.45, 2.75) is 33.1 Å². The van der Waals surface area contributed by atoms with Gasteiger partial charge in [0, 0.05) is 0 Å². The lowest BCUT2D eigenvalue weighted by atomic mass is 10.0. The maximum atomic E-state index is 11.9. The molecule has 1 aromatic heterocycles. The molecule has 0 aliphatic rings. The van der Waals surface area contributed by atoms with Gasteiger partial charge in [-0.25, -0.2) is 4.79 Å². The molecule has 0 saturated carbocycles. The third-order valence-corrected chi connectivity index (χ3v) is 3.13. The molecule has 0 bridgehead atoms. The summed E-state index contributed by atoms with van der Waals surface area (Å²) in [6, 6.07) is 10.3. The highest BCUT2D eigenvalue weighted by molar-refractivity contribution is 5.91. The largest absolute Gasteiger partial charge is 0.462 e. The van der Waals surface area contributed by atoms with Crippen LogP contribution in [0.1, 0.15) is 40.7 Å². The molecule has 0 radical (unpaired) electrons. The molecular weight excluding hydrogens is 254 g/mol. The van der Waals surface area contributed by atoms with E-state index in [-0.39, 0.29) is 5.97 Å². The van der Waals surface area contributed by atoms with Gasteiger partial charge in [-0.1, -0.05) is 35.5 Å². The second-order valence-electron chi connectivity index (χ2n) is 4.62. The van der Waals surface area contributed by atoms with Crippen LogP contribution in [0.3, 0.4) is 0 Å². The molecule has 0 spiro atoms. The quantitative estimate of drug-likeness (QED) is 0.757. The maximum absolute atomic E-state index is 11.9. The Morgan fingerprint density at radius 3 is 2.70 bits per heavy atom. The van der Waals surface area contributed by atoms with Gasteiger partial charge >= 0.3 is 5.97 Å². The average Bonchev–Trinajstić information content (AvgIpc) is 2.81. The third-order valence-electron chi connectivity index (χ3n) is 3.13. The van der Waals surface area contributed by atoms with Crippen LogP contribution < -0.4 is 0 Å². The van der Waals surface area contributed by atoms with Gasteiger partial charge in [-0.05, 0) is 38.7 Å². The molecule has 0 fully saturated rings. The van der Waals surface area contributed by atoms with Crippen molar-refractivity contribution < 1.29 is 14.1 Å². The number of hydrogen-bond acceptors (Lipinski definition) is 4. The average molecular weight is 273 g/mol. The zero-order valence-electron chi connectivity index (χ0n) is 11.9. The number of ether oxygens (including phenoxy) is 1. The number of benzene rings is 1. The minimum absolute atomic E-state index is 0.346. The van der Waals surface area contributed by atoms with E-state index in [2.05, 4.69) is 17.3 Å². The summed E-state index contributed by atoms with van der Waals surface area (Å²) in [6.45, 7) is 3.88. The van der Waals surface area contributed by atoms with Gasteiger partial charge in [-0.3, -0.25) is 0 Å². The molecule has 1 heterocycles. The van der Waals surface area contributed by atoms with Crippen molar-refractivity contribution in [3.05, 3.63) is 52.9 Å². The Morgan fingerprint density at radius 2 is 2.00 bits per heavy atom. The smallest absolute Gasteiger partial charge is 0.343 e. The Kier molecular flexibility index (Phi) is 4.93. The van der Waals surface area contributed by atoms with Gasteiger partial charge in [0.15, 0.2) is 0 Å². The summed E-state index contributed by atoms with van der Waals surface area (Å²) in [5.41, 5.74) is 2.46. The molecule has 2 rings (SSSR count). The molecule has 1 aromatic carbocycles. The Hall–Kier alpha value is -2.10. The first kappa shape index (κ1) is 14.3. The minimum Gasteiger partial charge on any atom is -0.462 e. The van der Waals surface area contributed by atoms with Crippen LogP contribution in [-0.2, 0) is 17.6 Å². The first-order chi connectivity index (χ1) is 9.72. The standard InChI is InChI=1S/C16H19NO3/c1-3-19-16(18)15-12(2)20-17-14(15)11-7-10-13-8-5-4-6-9-13/h4-6,8-9H,3,7,10-11H2,1-2H3. The van der Waals surface area contributed by atoms with E-state index < -0.39 is 0 Å². The fourth-order valence-corrected chi connectivity index (χ4v) is 2.16. The van der Waals surface area contributed by atoms with Crippen molar-refractivity contribution in [2.24, 2.45) is 0 Å². The van der Waals surface area contributed by atoms with Crippen LogP contribution in [0, 0.1) is 6.92 Å². The van der Waals surface area contributed by atoms with Crippen molar-refractivity contribution >= 4 is 5.97 Å². The summed E-state index contributed by atoms with van der Waals surface area (Å²) in [7, 11) is 0. The first-order valence-corrected chi connectivity index (χ1v) is 6.88. The Labute approximate surface area is 118 Å². The van der Waals surface area contributed by atoms with Gasteiger partial charge in [0.25, 0.3) is 0 Å². The Balaban J connectivity index is 1.98. The number of hydrogen-bond donors (Lipinski definition) is 0. The molecule has 0 saturated heterocycles. The summed E-state index contributed by atoms with van der Waals surface area (Å²) >= 11 is 0. The molecule has 0 aliphatic heterocycles. The molecule has 2 aromatic rings. The lowest BCUT2D eigenvalue weighted by Gasteiger charge is -2.03. The molecule has 0 atom stereocenters. The van der Waals surface area contributed by atoms with Gasteiger partial charge in [-0.15, -0.1) is 0 Å². The topological polar surface area (TPSA) is 52.3 Å². The number of rotatable bonds is 6. The number of esters is 1. The summed E-state index contributed by atoms with van der Waals surface area (Å²) in [5, 5.41) is 3.97. The van der Waals surface area contributed by atoms with Crippen molar-refractivity contribution in [2.75, 3.05) is 6.61 Å². The van der Waals surface area contributed by atoms with E-state index in [1.165, 1.54) is 5.56 Å². The van der Waals surface area contributed by atoms with Gasteiger partial charge in [0.2, 0.25) is 0 Å². The number of aromatic nitrogens is 1. The fraction of sp³-hybridized carbons (Fsp3) is 0.375. The molecule has 0 aliphatic carbocycles. The fourth-order valence-electron chi connectivity index (χ4n) is 2.16. The van der Waals surface area contributed by atoms with Crippen molar-refractivity contribution in [1.29, 1.82) is 0 Å². The predicted molar refractivity (Wildman–Crippen MR) is 75.7 cm³/mol. The lowest BCUT2D eigenvalue weighted by Crippen LogP contribution is -2.08. The van der Waals surface area contributed by atoms with Gasteiger partial charge in [0.1, 0.15) is 11.3 Å². The number of carbonyl (C=O) groups excluding carboxylic acids is 1. The van der Waals surface area contributed by atoms with Crippen LogP contribution in [0.15, 0.2) is 34.9 Å². The summed E-state index contributed by atoms with van der Waals surface area (Å²) in [5.74, 6) is 0.180. The SMILES string of the molecule is CCOC(=O)c1c(CCCc2ccccc2)noc1C. The van der Waals surface area contributed by atoms with Crippen LogP contribution >= 0.6 is 0 Å². The summed E-state index contributed by atoms with van der Waals surface area (Å²) < 4.78 is 10.1. The van der Waals surface area contributed by atoms with Crippen LogP contribution in [0.4, 0.5) is 0 Å². The highest BCUT2D eigenvalue weighted by Gasteiger charge is 2.20. The van der Waals surface area contributed by atoms with E-state index in [0.717, 1.165) is 12.8 Å². The second-order valence-corrected chi connectivity index (χ2v) is 4.62. The third kappa shape index (κ3) is 3.47. The second kappa shape index (κ2) is 6.89.